The summed E-state index contributed by atoms with van der Waals surface area (Å²) in [5.74, 6) is 0. The number of alkyl halides is 3. The highest BCUT2D eigenvalue weighted by Gasteiger charge is 2.36. The summed E-state index contributed by atoms with van der Waals surface area (Å²) in [6.45, 7) is 0. The first-order valence-corrected chi connectivity index (χ1v) is 3.06. The molecule has 0 spiro atoms. The van der Waals surface area contributed by atoms with Gasteiger partial charge in [-0.05, 0) is 0 Å². The molecule has 0 aliphatic heterocycles. The zero-order chi connectivity index (χ0) is 11.3. The topological polar surface area (TPSA) is 93.1 Å². The Morgan fingerprint density at radius 2 is 1.43 bits per heavy atom. The fourth-order valence-corrected chi connectivity index (χ4v) is 0.499. The lowest BCUT2D eigenvalue weighted by Gasteiger charge is -2.17. The van der Waals surface area contributed by atoms with Gasteiger partial charge in [0.1, 0.15) is 0 Å². The third-order valence-electron chi connectivity index (χ3n) is 0.957. The molecule has 0 rings (SSSR count). The molecule has 0 aliphatic rings. The second-order valence-corrected chi connectivity index (χ2v) is 1.92. The SMILES string of the molecule is O=C(O)OC(F)C(OC(=O)O)C(F)F. The average molecular weight is 218 g/mol. The second kappa shape index (κ2) is 5.14. The number of ether oxygens (including phenoxy) is 2. The molecule has 6 nitrogen and oxygen atoms in total. The Labute approximate surface area is 74.8 Å². The van der Waals surface area contributed by atoms with Crippen LogP contribution in [0.1, 0.15) is 0 Å². The molecule has 0 saturated carbocycles. The molecule has 2 atom stereocenters. The third-order valence-corrected chi connectivity index (χ3v) is 0.957. The zero-order valence-electron chi connectivity index (χ0n) is 6.39. The zero-order valence-corrected chi connectivity index (χ0v) is 6.39. The molecule has 0 aromatic heterocycles. The number of hydrogen-bond donors (Lipinski definition) is 2. The maximum absolute atomic E-state index is 12.5. The molecular formula is C5H5F3O6. The largest absolute Gasteiger partial charge is 0.508 e. The summed E-state index contributed by atoms with van der Waals surface area (Å²) in [6.07, 6.45) is -13.7. The van der Waals surface area contributed by atoms with Crippen molar-refractivity contribution in [3.05, 3.63) is 0 Å². The van der Waals surface area contributed by atoms with Crippen LogP contribution >= 0.6 is 0 Å². The van der Waals surface area contributed by atoms with Gasteiger partial charge >= 0.3 is 12.3 Å². The summed E-state index contributed by atoms with van der Waals surface area (Å²) in [7, 11) is 0. The van der Waals surface area contributed by atoms with E-state index in [1.807, 2.05) is 0 Å². The molecule has 0 saturated heterocycles. The molecule has 0 aliphatic carbocycles. The van der Waals surface area contributed by atoms with Gasteiger partial charge in [-0.25, -0.2) is 18.4 Å². The Hall–Kier alpha value is -1.67. The average Bonchev–Trinajstić information content (AvgIpc) is 1.97. The molecule has 0 heterocycles. The minimum Gasteiger partial charge on any atom is -0.450 e. The number of hydrogen-bond acceptors (Lipinski definition) is 4. The Balaban J connectivity index is 4.32. The van der Waals surface area contributed by atoms with E-state index in [1.54, 1.807) is 0 Å². The predicted molar refractivity (Wildman–Crippen MR) is 32.9 cm³/mol. The van der Waals surface area contributed by atoms with E-state index in [-0.39, 0.29) is 0 Å². The first-order valence-electron chi connectivity index (χ1n) is 3.06. The van der Waals surface area contributed by atoms with Gasteiger partial charge < -0.3 is 19.7 Å². The van der Waals surface area contributed by atoms with Crippen molar-refractivity contribution in [2.75, 3.05) is 0 Å². The van der Waals surface area contributed by atoms with Crippen molar-refractivity contribution in [3.63, 3.8) is 0 Å². The molecule has 0 bridgehead atoms. The van der Waals surface area contributed by atoms with Gasteiger partial charge in [-0.15, -0.1) is 0 Å². The highest BCUT2D eigenvalue weighted by atomic mass is 19.3. The first-order chi connectivity index (χ1) is 6.34. The predicted octanol–water partition coefficient (Wildman–Crippen LogP) is 1.30. The summed E-state index contributed by atoms with van der Waals surface area (Å²) >= 11 is 0. The highest BCUT2D eigenvalue weighted by molar-refractivity contribution is 5.58. The number of carboxylic acid groups (broad SMARTS) is 2. The van der Waals surface area contributed by atoms with Gasteiger partial charge in [-0.3, -0.25) is 0 Å². The fraction of sp³-hybridized carbons (Fsp3) is 0.600. The van der Waals surface area contributed by atoms with E-state index >= 15 is 0 Å². The maximum atomic E-state index is 12.5. The van der Waals surface area contributed by atoms with E-state index in [1.165, 1.54) is 0 Å². The van der Waals surface area contributed by atoms with Crippen molar-refractivity contribution in [2.24, 2.45) is 0 Å². The summed E-state index contributed by atoms with van der Waals surface area (Å²) in [5.41, 5.74) is 0. The first kappa shape index (κ1) is 12.3. The van der Waals surface area contributed by atoms with Crippen molar-refractivity contribution in [1.29, 1.82) is 0 Å². The minimum atomic E-state index is -3.53. The van der Waals surface area contributed by atoms with E-state index in [4.69, 9.17) is 10.2 Å². The normalized spacial score (nSPS) is 14.6. The van der Waals surface area contributed by atoms with Gasteiger partial charge in [0.15, 0.2) is 0 Å². The highest BCUT2D eigenvalue weighted by Crippen LogP contribution is 2.14. The second-order valence-electron chi connectivity index (χ2n) is 1.92. The molecule has 9 heteroatoms. The van der Waals surface area contributed by atoms with Crippen LogP contribution in [0.3, 0.4) is 0 Å². The van der Waals surface area contributed by atoms with Gasteiger partial charge in [-0.2, -0.15) is 4.39 Å². The summed E-state index contributed by atoms with van der Waals surface area (Å²) in [6, 6.07) is 0. The molecule has 0 aromatic rings. The van der Waals surface area contributed by atoms with Crippen LogP contribution in [-0.2, 0) is 9.47 Å². The molecule has 2 unspecified atom stereocenters. The quantitative estimate of drug-likeness (QED) is 0.691. The van der Waals surface area contributed by atoms with E-state index in [2.05, 4.69) is 9.47 Å². The van der Waals surface area contributed by atoms with Crippen LogP contribution < -0.4 is 0 Å². The lowest BCUT2D eigenvalue weighted by molar-refractivity contribution is -0.145. The molecule has 14 heavy (non-hydrogen) atoms. The Kier molecular flexibility index (Phi) is 4.53. The van der Waals surface area contributed by atoms with Crippen LogP contribution in [0.4, 0.5) is 22.8 Å². The van der Waals surface area contributed by atoms with Crippen molar-refractivity contribution < 1.29 is 42.4 Å². The summed E-state index contributed by atoms with van der Waals surface area (Å²) < 4.78 is 42.8. The maximum Gasteiger partial charge on any atom is 0.508 e. The van der Waals surface area contributed by atoms with E-state index < -0.39 is 31.2 Å². The van der Waals surface area contributed by atoms with Gasteiger partial charge in [0.05, 0.1) is 0 Å². The fourth-order valence-electron chi connectivity index (χ4n) is 0.499. The van der Waals surface area contributed by atoms with Crippen LogP contribution in [0.2, 0.25) is 0 Å². The van der Waals surface area contributed by atoms with Gasteiger partial charge in [0.2, 0.25) is 6.10 Å². The van der Waals surface area contributed by atoms with E-state index in [0.29, 0.717) is 0 Å². The smallest absolute Gasteiger partial charge is 0.450 e. The molecule has 2 N–H and O–H groups in total. The lowest BCUT2D eigenvalue weighted by Crippen LogP contribution is -2.37. The van der Waals surface area contributed by atoms with Crippen LogP contribution in [0.25, 0.3) is 0 Å². The van der Waals surface area contributed by atoms with Crippen molar-refractivity contribution >= 4 is 12.3 Å². The number of rotatable bonds is 4. The van der Waals surface area contributed by atoms with Crippen LogP contribution in [-0.4, -0.2) is 41.4 Å². The van der Waals surface area contributed by atoms with Gasteiger partial charge in [0, 0.05) is 0 Å². The monoisotopic (exact) mass is 218 g/mol. The molecule has 82 valence electrons. The molecule has 0 radical (unpaired) electrons. The van der Waals surface area contributed by atoms with Crippen molar-refractivity contribution in [3.8, 4) is 0 Å². The van der Waals surface area contributed by atoms with Gasteiger partial charge in [0.25, 0.3) is 12.8 Å². The van der Waals surface area contributed by atoms with Crippen molar-refractivity contribution in [2.45, 2.75) is 18.9 Å². The standard InChI is InChI=1S/C5H5F3O6/c6-2(7)1(13-4(9)10)3(8)14-5(11)12/h1-3H,(H,9,10)(H,11,12). The van der Waals surface area contributed by atoms with Crippen molar-refractivity contribution in [1.82, 2.24) is 0 Å². The molecular weight excluding hydrogens is 213 g/mol. The summed E-state index contributed by atoms with van der Waals surface area (Å²) in [5, 5.41) is 15.7. The van der Waals surface area contributed by atoms with Crippen LogP contribution in [0, 0.1) is 0 Å². The molecule has 0 aromatic carbocycles. The Bertz CT molecular complexity index is 220. The van der Waals surface area contributed by atoms with Gasteiger partial charge in [-0.1, -0.05) is 0 Å². The van der Waals surface area contributed by atoms with E-state index in [9.17, 15) is 22.8 Å². The van der Waals surface area contributed by atoms with Crippen LogP contribution in [0.5, 0.6) is 0 Å². The van der Waals surface area contributed by atoms with E-state index in [0.717, 1.165) is 0 Å². The third kappa shape index (κ3) is 4.38. The number of halogens is 3. The lowest BCUT2D eigenvalue weighted by atomic mass is 10.4. The number of carbonyl (C=O) groups is 2. The van der Waals surface area contributed by atoms with Crippen LogP contribution in [0.15, 0.2) is 0 Å². The minimum absolute atomic E-state index is 2.16. The summed E-state index contributed by atoms with van der Waals surface area (Å²) in [4.78, 5) is 19.5. The Morgan fingerprint density at radius 3 is 1.71 bits per heavy atom. The molecule has 0 amide bonds. The molecule has 0 fully saturated rings. The Morgan fingerprint density at radius 1 is 1.00 bits per heavy atom.